The maximum absolute atomic E-state index is 13.5. The summed E-state index contributed by atoms with van der Waals surface area (Å²) in [7, 11) is 1.90. The molecule has 0 bridgehead atoms. The first-order valence-corrected chi connectivity index (χ1v) is 15.8. The Balaban J connectivity index is 0.00000155. The number of amides is 1. The van der Waals surface area contributed by atoms with Crippen LogP contribution in [0.15, 0.2) is 108 Å². The molecule has 1 aliphatic rings. The number of carbonyl (C=O) groups is 1. The van der Waals surface area contributed by atoms with Gasteiger partial charge in [-0.05, 0) is 74.1 Å². The molecule has 1 aromatic heterocycles. The number of nitrogens with zero attached hydrogens (tertiary/aromatic N) is 3. The van der Waals surface area contributed by atoms with Crippen molar-refractivity contribution in [2.24, 2.45) is 5.92 Å². The van der Waals surface area contributed by atoms with Gasteiger partial charge in [0.25, 0.3) is 6.26 Å². The zero-order chi connectivity index (χ0) is 30.5. The molecule has 0 radical (unpaired) electrons. The van der Waals surface area contributed by atoms with E-state index in [0.717, 1.165) is 46.6 Å². The smallest absolute Gasteiger partial charge is 0.292 e. The summed E-state index contributed by atoms with van der Waals surface area (Å²) >= 11 is 3.17. The van der Waals surface area contributed by atoms with Gasteiger partial charge in [-0.1, -0.05) is 85.5 Å². The molecule has 42 heavy (non-hydrogen) atoms. The van der Waals surface area contributed by atoms with Crippen molar-refractivity contribution in [2.75, 3.05) is 7.05 Å². The third-order valence-electron chi connectivity index (χ3n) is 7.16. The van der Waals surface area contributed by atoms with Gasteiger partial charge in [-0.2, -0.15) is 0 Å². The summed E-state index contributed by atoms with van der Waals surface area (Å²) in [6.45, 7) is 16.3. The van der Waals surface area contributed by atoms with Crippen LogP contribution in [0.3, 0.4) is 0 Å². The minimum atomic E-state index is -0.0202. The van der Waals surface area contributed by atoms with E-state index in [0.29, 0.717) is 12.3 Å². The molecule has 1 fully saturated rings. The fourth-order valence-corrected chi connectivity index (χ4v) is 7.47. The van der Waals surface area contributed by atoms with E-state index in [1.807, 2.05) is 54.6 Å². The topological polar surface area (TPSA) is 56.6 Å². The van der Waals surface area contributed by atoms with Crippen LogP contribution in [0, 0.1) is 17.4 Å². The molecular formula is C35H41N3O2S2. The standard InChI is InChI=1S/C32H35N3O2S2.C3H6/c1-23(2)29(19-25-11-7-5-8-12-25)35(39-30-17-18-38-31(30)24(3)37-22-33)28-16-15-27(20-28)32(36)34(4)21-26-13-9-6-10-14-26;1-3-2/h5-14,17-18,27-29H,1,3,15-16,19-21H2,2,4H3;3H,1H2,2H3. The molecule has 4 rings (SSSR count). The minimum absolute atomic E-state index is 0.0202. The minimum Gasteiger partial charge on any atom is -0.387 e. The van der Waals surface area contributed by atoms with Gasteiger partial charge in [-0.25, -0.2) is 4.31 Å². The number of rotatable bonds is 12. The van der Waals surface area contributed by atoms with Crippen LogP contribution in [0.25, 0.3) is 5.76 Å². The molecule has 220 valence electrons. The first-order valence-electron chi connectivity index (χ1n) is 14.1. The lowest BCUT2D eigenvalue weighted by molar-refractivity contribution is -0.134. The molecule has 3 unspecified atom stereocenters. The van der Waals surface area contributed by atoms with Gasteiger partial charge in [0, 0.05) is 36.5 Å². The van der Waals surface area contributed by atoms with Crippen LogP contribution >= 0.6 is 23.3 Å². The van der Waals surface area contributed by atoms with Crippen LogP contribution in [0.1, 0.15) is 49.1 Å². The van der Waals surface area contributed by atoms with E-state index >= 15 is 0 Å². The molecule has 3 aromatic rings. The SMILES string of the molecule is C=C(OC#N)c1sccc1SN(C1CCC(C(=O)N(C)Cc2ccccc2)C1)C(Cc1ccccc1)C(=C)C.C=CC. The van der Waals surface area contributed by atoms with Gasteiger partial charge >= 0.3 is 0 Å². The molecule has 0 N–H and O–H groups in total. The fourth-order valence-electron chi connectivity index (χ4n) is 5.16. The van der Waals surface area contributed by atoms with Gasteiger partial charge in [-0.3, -0.25) is 4.79 Å². The van der Waals surface area contributed by atoms with Crippen LogP contribution in [0.2, 0.25) is 0 Å². The van der Waals surface area contributed by atoms with Gasteiger partial charge in [0.2, 0.25) is 5.91 Å². The Hall–Kier alpha value is -3.57. The Morgan fingerprint density at radius 1 is 1.12 bits per heavy atom. The predicted octanol–water partition coefficient (Wildman–Crippen LogP) is 8.73. The first-order chi connectivity index (χ1) is 20.3. The van der Waals surface area contributed by atoms with E-state index in [1.54, 1.807) is 24.3 Å². The van der Waals surface area contributed by atoms with Crippen molar-refractivity contribution in [1.29, 1.82) is 5.26 Å². The number of carbonyl (C=O) groups excluding carboxylic acids is 1. The van der Waals surface area contributed by atoms with Crippen LogP contribution in [0.5, 0.6) is 0 Å². The fraction of sp³-hybridized carbons (Fsp3) is 0.314. The van der Waals surface area contributed by atoms with Gasteiger partial charge in [0.1, 0.15) is 0 Å². The summed E-state index contributed by atoms with van der Waals surface area (Å²) in [4.78, 5) is 17.2. The molecule has 1 saturated carbocycles. The van der Waals surface area contributed by atoms with Crippen molar-refractivity contribution in [3.05, 3.63) is 120 Å². The Bertz CT molecular complexity index is 1360. The average molecular weight is 600 g/mol. The van der Waals surface area contributed by atoms with Gasteiger partial charge in [0.05, 0.1) is 4.88 Å². The number of nitriles is 1. The maximum atomic E-state index is 13.5. The van der Waals surface area contributed by atoms with E-state index in [4.69, 9.17) is 10.00 Å². The summed E-state index contributed by atoms with van der Waals surface area (Å²) in [5, 5.41) is 11.0. The number of hydrogen-bond acceptors (Lipinski definition) is 6. The van der Waals surface area contributed by atoms with E-state index < -0.39 is 0 Å². The average Bonchev–Trinajstić information content (AvgIpc) is 3.66. The number of allylic oxidation sites excluding steroid dienone is 1. The lowest BCUT2D eigenvalue weighted by atomic mass is 9.99. The first kappa shape index (κ1) is 32.9. The van der Waals surface area contributed by atoms with Crippen molar-refractivity contribution >= 4 is 35.0 Å². The summed E-state index contributed by atoms with van der Waals surface area (Å²) in [6, 6.07) is 22.9. The number of ether oxygens (including phenoxy) is 1. The Morgan fingerprint density at radius 2 is 1.74 bits per heavy atom. The molecule has 1 amide bonds. The summed E-state index contributed by atoms with van der Waals surface area (Å²) in [6.07, 6.45) is 6.88. The maximum Gasteiger partial charge on any atom is 0.292 e. The van der Waals surface area contributed by atoms with Crippen molar-refractivity contribution in [1.82, 2.24) is 9.21 Å². The molecule has 5 nitrogen and oxygen atoms in total. The highest BCUT2D eigenvalue weighted by Gasteiger charge is 2.38. The number of hydrogen-bond donors (Lipinski definition) is 0. The highest BCUT2D eigenvalue weighted by molar-refractivity contribution is 7.97. The molecule has 0 spiro atoms. The molecular weight excluding hydrogens is 559 g/mol. The monoisotopic (exact) mass is 599 g/mol. The highest BCUT2D eigenvalue weighted by atomic mass is 32.2. The normalized spacial score (nSPS) is 16.5. The molecule has 3 atom stereocenters. The molecule has 2 aromatic carbocycles. The van der Waals surface area contributed by atoms with Crippen molar-refractivity contribution in [3.63, 3.8) is 0 Å². The van der Waals surface area contributed by atoms with Crippen molar-refractivity contribution < 1.29 is 9.53 Å². The van der Waals surface area contributed by atoms with Crippen LogP contribution in [0.4, 0.5) is 0 Å². The van der Waals surface area contributed by atoms with E-state index in [9.17, 15) is 4.79 Å². The Morgan fingerprint density at radius 3 is 2.33 bits per heavy atom. The summed E-state index contributed by atoms with van der Waals surface area (Å²) in [5.74, 6) is 0.535. The number of benzene rings is 2. The van der Waals surface area contributed by atoms with E-state index in [1.165, 1.54) is 16.9 Å². The lowest BCUT2D eigenvalue weighted by Gasteiger charge is -2.36. The Labute approximate surface area is 259 Å². The third kappa shape index (κ3) is 9.22. The largest absolute Gasteiger partial charge is 0.387 e. The molecule has 7 heteroatoms. The molecule has 1 heterocycles. The molecule has 0 aliphatic heterocycles. The van der Waals surface area contributed by atoms with Gasteiger partial charge in [-0.15, -0.1) is 23.2 Å². The summed E-state index contributed by atoms with van der Waals surface area (Å²) in [5.41, 5.74) is 3.45. The highest BCUT2D eigenvalue weighted by Crippen LogP contribution is 2.43. The summed E-state index contributed by atoms with van der Waals surface area (Å²) < 4.78 is 7.52. The second-order valence-electron chi connectivity index (χ2n) is 10.5. The van der Waals surface area contributed by atoms with E-state index in [2.05, 4.69) is 67.4 Å². The Kier molecular flexibility index (Phi) is 13.1. The zero-order valence-electron chi connectivity index (χ0n) is 24.9. The third-order valence-corrected chi connectivity index (χ3v) is 9.54. The van der Waals surface area contributed by atoms with Crippen LogP contribution in [-0.4, -0.2) is 34.2 Å². The predicted molar refractivity (Wildman–Crippen MR) is 176 cm³/mol. The van der Waals surface area contributed by atoms with Crippen molar-refractivity contribution in [2.45, 2.75) is 63.1 Å². The van der Waals surface area contributed by atoms with Gasteiger partial charge < -0.3 is 9.64 Å². The van der Waals surface area contributed by atoms with Crippen LogP contribution in [-0.2, 0) is 22.5 Å². The molecule has 1 aliphatic carbocycles. The number of thiophene rings is 1. The quantitative estimate of drug-likeness (QED) is 0.0902. The van der Waals surface area contributed by atoms with Gasteiger partial charge in [0.15, 0.2) is 5.76 Å². The van der Waals surface area contributed by atoms with Crippen molar-refractivity contribution in [3.8, 4) is 6.26 Å². The van der Waals surface area contributed by atoms with E-state index in [-0.39, 0.29) is 23.9 Å². The van der Waals surface area contributed by atoms with Crippen LogP contribution < -0.4 is 0 Å². The molecule has 0 saturated heterocycles. The second kappa shape index (κ2) is 16.8. The lowest BCUT2D eigenvalue weighted by Crippen LogP contribution is -2.40. The zero-order valence-corrected chi connectivity index (χ0v) is 26.5. The second-order valence-corrected chi connectivity index (χ2v) is 12.4.